The lowest BCUT2D eigenvalue weighted by Crippen LogP contribution is -2.16. The predicted octanol–water partition coefficient (Wildman–Crippen LogP) is 1.26. The van der Waals surface area contributed by atoms with Crippen molar-refractivity contribution < 1.29 is 13.9 Å². The lowest BCUT2D eigenvalue weighted by molar-refractivity contribution is 0.211. The van der Waals surface area contributed by atoms with Crippen LogP contribution in [0.2, 0.25) is 0 Å². The molecule has 0 spiro atoms. The standard InChI is InChI=1S/C9H6FNO2/c1-2-6-5-7(13-9(11)12)3-4-8(6)10/h1,3-5H,(H2,11,12). The second-order valence-corrected chi connectivity index (χ2v) is 2.21. The number of ether oxygens (including phenoxy) is 1. The number of nitrogens with two attached hydrogens (primary N) is 1. The maximum absolute atomic E-state index is 12.8. The third-order valence-corrected chi connectivity index (χ3v) is 1.31. The van der Waals surface area contributed by atoms with E-state index in [-0.39, 0.29) is 11.3 Å². The Bertz CT molecular complexity index is 382. The molecule has 0 bridgehead atoms. The maximum Gasteiger partial charge on any atom is 0.409 e. The lowest BCUT2D eigenvalue weighted by atomic mass is 10.2. The minimum atomic E-state index is -0.963. The van der Waals surface area contributed by atoms with Crippen molar-refractivity contribution in [3.63, 3.8) is 0 Å². The number of halogens is 1. The van der Waals surface area contributed by atoms with Gasteiger partial charge >= 0.3 is 6.09 Å². The van der Waals surface area contributed by atoms with E-state index in [1.54, 1.807) is 0 Å². The molecule has 0 aromatic heterocycles. The summed E-state index contributed by atoms with van der Waals surface area (Å²) in [6.07, 6.45) is 4.03. The third-order valence-electron chi connectivity index (χ3n) is 1.31. The van der Waals surface area contributed by atoms with Gasteiger partial charge in [-0.15, -0.1) is 6.42 Å². The summed E-state index contributed by atoms with van der Waals surface area (Å²) in [4.78, 5) is 10.3. The Kier molecular flexibility index (Phi) is 2.50. The minimum Gasteiger partial charge on any atom is -0.410 e. The first-order chi connectivity index (χ1) is 6.13. The molecule has 0 radical (unpaired) electrons. The van der Waals surface area contributed by atoms with Crippen molar-refractivity contribution in [1.82, 2.24) is 0 Å². The van der Waals surface area contributed by atoms with E-state index in [2.05, 4.69) is 10.7 Å². The van der Waals surface area contributed by atoms with E-state index in [4.69, 9.17) is 12.2 Å². The Morgan fingerprint density at radius 3 is 2.85 bits per heavy atom. The molecule has 13 heavy (non-hydrogen) atoms. The summed E-state index contributed by atoms with van der Waals surface area (Å²) in [6, 6.07) is 3.59. The van der Waals surface area contributed by atoms with E-state index in [9.17, 15) is 9.18 Å². The molecule has 0 saturated carbocycles. The van der Waals surface area contributed by atoms with E-state index < -0.39 is 11.9 Å². The van der Waals surface area contributed by atoms with Gasteiger partial charge in [-0.05, 0) is 18.2 Å². The van der Waals surface area contributed by atoms with Crippen molar-refractivity contribution in [1.29, 1.82) is 0 Å². The molecule has 0 aliphatic rings. The normalized spacial score (nSPS) is 8.92. The number of terminal acetylenes is 1. The molecule has 4 heteroatoms. The fraction of sp³-hybridized carbons (Fsp3) is 0. The number of hydrogen-bond acceptors (Lipinski definition) is 2. The van der Waals surface area contributed by atoms with Crippen LogP contribution in [0.25, 0.3) is 0 Å². The smallest absolute Gasteiger partial charge is 0.409 e. The van der Waals surface area contributed by atoms with Gasteiger partial charge in [0.25, 0.3) is 0 Å². The zero-order chi connectivity index (χ0) is 9.84. The van der Waals surface area contributed by atoms with Gasteiger partial charge in [-0.25, -0.2) is 9.18 Å². The number of primary amides is 1. The van der Waals surface area contributed by atoms with Gasteiger partial charge in [0.15, 0.2) is 0 Å². The SMILES string of the molecule is C#Cc1cc(OC(N)=O)ccc1F. The topological polar surface area (TPSA) is 52.3 Å². The molecule has 0 aliphatic carbocycles. The maximum atomic E-state index is 12.8. The molecule has 1 aromatic carbocycles. The first kappa shape index (κ1) is 9.07. The van der Waals surface area contributed by atoms with Crippen LogP contribution >= 0.6 is 0 Å². The molecule has 1 rings (SSSR count). The van der Waals surface area contributed by atoms with Crippen LogP contribution in [0.4, 0.5) is 9.18 Å². The average molecular weight is 179 g/mol. The van der Waals surface area contributed by atoms with E-state index in [1.165, 1.54) is 12.1 Å². The van der Waals surface area contributed by atoms with Gasteiger partial charge in [0.05, 0.1) is 5.56 Å². The van der Waals surface area contributed by atoms with E-state index >= 15 is 0 Å². The molecule has 2 N–H and O–H groups in total. The summed E-state index contributed by atoms with van der Waals surface area (Å²) < 4.78 is 17.3. The fourth-order valence-corrected chi connectivity index (χ4v) is 0.795. The van der Waals surface area contributed by atoms with Gasteiger partial charge in [-0.2, -0.15) is 0 Å². The number of carbonyl (C=O) groups is 1. The number of hydrogen-bond donors (Lipinski definition) is 1. The van der Waals surface area contributed by atoms with Gasteiger partial charge < -0.3 is 10.5 Å². The lowest BCUT2D eigenvalue weighted by Gasteiger charge is -2.01. The zero-order valence-electron chi connectivity index (χ0n) is 6.58. The van der Waals surface area contributed by atoms with Crippen LogP contribution in [0.1, 0.15) is 5.56 Å². The highest BCUT2D eigenvalue weighted by Crippen LogP contribution is 2.15. The van der Waals surface area contributed by atoms with Crippen molar-refractivity contribution in [3.8, 4) is 18.1 Å². The first-order valence-corrected chi connectivity index (χ1v) is 3.37. The predicted molar refractivity (Wildman–Crippen MR) is 44.5 cm³/mol. The number of benzene rings is 1. The Labute approximate surface area is 74.3 Å². The number of carbonyl (C=O) groups excluding carboxylic acids is 1. The van der Waals surface area contributed by atoms with Crippen molar-refractivity contribution >= 4 is 6.09 Å². The third kappa shape index (κ3) is 2.20. The van der Waals surface area contributed by atoms with Crippen molar-refractivity contribution in [3.05, 3.63) is 29.6 Å². The van der Waals surface area contributed by atoms with Crippen molar-refractivity contribution in [2.75, 3.05) is 0 Å². The quantitative estimate of drug-likeness (QED) is 0.660. The minimum absolute atomic E-state index is 0.0266. The van der Waals surface area contributed by atoms with E-state index in [0.29, 0.717) is 0 Å². The molecule has 0 heterocycles. The highest BCUT2D eigenvalue weighted by Gasteiger charge is 2.03. The summed E-state index contributed by atoms with van der Waals surface area (Å²) in [5, 5.41) is 0. The average Bonchev–Trinajstić information content (AvgIpc) is 2.07. The Balaban J connectivity index is 3.01. The fourth-order valence-electron chi connectivity index (χ4n) is 0.795. The van der Waals surface area contributed by atoms with Gasteiger partial charge in [-0.3, -0.25) is 0 Å². The van der Waals surface area contributed by atoms with E-state index in [0.717, 1.165) is 6.07 Å². The summed E-state index contributed by atoms with van der Waals surface area (Å²) in [5.41, 5.74) is 4.77. The van der Waals surface area contributed by atoms with Crippen molar-refractivity contribution in [2.24, 2.45) is 5.73 Å². The highest BCUT2D eigenvalue weighted by atomic mass is 19.1. The van der Waals surface area contributed by atoms with Crippen LogP contribution in [0.5, 0.6) is 5.75 Å². The van der Waals surface area contributed by atoms with Crippen LogP contribution in [0, 0.1) is 18.2 Å². The Hall–Kier alpha value is -2.02. The summed E-state index contributed by atoms with van der Waals surface area (Å²) in [5.74, 6) is 1.69. The molecular formula is C9H6FNO2. The van der Waals surface area contributed by atoms with Crippen LogP contribution in [0.15, 0.2) is 18.2 Å². The van der Waals surface area contributed by atoms with Crippen LogP contribution < -0.4 is 10.5 Å². The summed E-state index contributed by atoms with van der Waals surface area (Å²) >= 11 is 0. The first-order valence-electron chi connectivity index (χ1n) is 3.37. The molecule has 0 aliphatic heterocycles. The molecule has 0 fully saturated rings. The highest BCUT2D eigenvalue weighted by molar-refractivity contribution is 5.68. The molecule has 1 amide bonds. The number of rotatable bonds is 1. The largest absolute Gasteiger partial charge is 0.410 e. The Morgan fingerprint density at radius 2 is 2.31 bits per heavy atom. The zero-order valence-corrected chi connectivity index (χ0v) is 6.58. The van der Waals surface area contributed by atoms with Gasteiger partial charge in [0.2, 0.25) is 0 Å². The summed E-state index contributed by atoms with van der Waals surface area (Å²) in [7, 11) is 0. The molecule has 0 unspecified atom stereocenters. The van der Waals surface area contributed by atoms with Crippen LogP contribution in [-0.4, -0.2) is 6.09 Å². The number of amides is 1. The second-order valence-electron chi connectivity index (χ2n) is 2.21. The molecular weight excluding hydrogens is 173 g/mol. The van der Waals surface area contributed by atoms with Gasteiger partial charge in [0, 0.05) is 0 Å². The summed E-state index contributed by atoms with van der Waals surface area (Å²) in [6.45, 7) is 0. The van der Waals surface area contributed by atoms with Crippen LogP contribution in [-0.2, 0) is 0 Å². The van der Waals surface area contributed by atoms with Crippen molar-refractivity contribution in [2.45, 2.75) is 0 Å². The van der Waals surface area contributed by atoms with Gasteiger partial charge in [-0.1, -0.05) is 5.92 Å². The van der Waals surface area contributed by atoms with E-state index in [1.807, 2.05) is 0 Å². The van der Waals surface area contributed by atoms with Crippen LogP contribution in [0.3, 0.4) is 0 Å². The second kappa shape index (κ2) is 3.59. The monoisotopic (exact) mass is 179 g/mol. The molecule has 0 atom stereocenters. The Morgan fingerprint density at radius 1 is 1.62 bits per heavy atom. The molecule has 66 valence electrons. The molecule has 0 saturated heterocycles. The van der Waals surface area contributed by atoms with Gasteiger partial charge in [0.1, 0.15) is 11.6 Å². The molecule has 1 aromatic rings. The molecule has 3 nitrogen and oxygen atoms in total.